The van der Waals surface area contributed by atoms with Gasteiger partial charge in [-0.1, -0.05) is 0 Å². The van der Waals surface area contributed by atoms with Gasteiger partial charge < -0.3 is 36.4 Å². The molecule has 0 fully saturated rings. The number of phenols is 1. The van der Waals surface area contributed by atoms with Crippen LogP contribution in [0, 0.1) is 11.8 Å². The third-order valence-corrected chi connectivity index (χ3v) is 8.07. The van der Waals surface area contributed by atoms with Crippen molar-refractivity contribution in [3.05, 3.63) is 45.4 Å². The fourth-order valence-electron chi connectivity index (χ4n) is 6.25. The molecule has 0 spiro atoms. The Balaban J connectivity index is 1.94. The van der Waals surface area contributed by atoms with Crippen LogP contribution in [0.25, 0.3) is 0 Å². The van der Waals surface area contributed by atoms with E-state index in [1.807, 2.05) is 45.8 Å². The molecule has 3 aliphatic rings. The molecule has 0 saturated heterocycles. The van der Waals surface area contributed by atoms with Gasteiger partial charge in [-0.05, 0) is 65.3 Å². The molecule has 3 aliphatic carbocycles. The number of hydrogen-bond donors (Lipinski definition) is 6. The van der Waals surface area contributed by atoms with Gasteiger partial charge in [0.25, 0.3) is 5.91 Å². The minimum atomic E-state index is -2.66. The highest BCUT2D eigenvalue weighted by Gasteiger charge is 2.63. The molecule has 212 valence electrons. The number of ketones is 2. The summed E-state index contributed by atoms with van der Waals surface area (Å²) in [5.41, 5.74) is 3.28. The zero-order chi connectivity index (χ0) is 29.4. The second-order valence-electron chi connectivity index (χ2n) is 12.2. The molecule has 7 N–H and O–H groups in total. The number of anilines is 1. The summed E-state index contributed by atoms with van der Waals surface area (Å²) in [6, 6.07) is 0.803. The number of allylic oxidation sites excluding steroid dienone is 1. The Bertz CT molecular complexity index is 1340. The number of aromatic hydroxyl groups is 1. The van der Waals surface area contributed by atoms with Gasteiger partial charge in [0.15, 0.2) is 11.4 Å². The lowest BCUT2D eigenvalue weighted by molar-refractivity contribution is -0.148. The van der Waals surface area contributed by atoms with E-state index in [1.54, 1.807) is 14.1 Å². The number of nitrogens with two attached hydrogens (primary N) is 1. The lowest BCUT2D eigenvalue weighted by Crippen LogP contribution is -2.63. The van der Waals surface area contributed by atoms with Crippen molar-refractivity contribution < 1.29 is 34.8 Å². The lowest BCUT2D eigenvalue weighted by atomic mass is 9.58. The molecule has 0 aliphatic heterocycles. The van der Waals surface area contributed by atoms with Crippen molar-refractivity contribution in [3.63, 3.8) is 0 Å². The smallest absolute Gasteiger partial charge is 0.255 e. The highest BCUT2D eigenvalue weighted by atomic mass is 16.3. The standard InChI is InChI=1S/C28H38N4O7/c1-27(2,3)30-11-13-10-16(31(4)5)14-8-12-9-15-20(32(6)7)23(35)19(26(29)38)25(37)28(15,39)24(36)17(12)22(34)18(14)21(13)33/h10,12,15,20,30,33,35-36,39H,8-9,11H2,1-7H3,(H2,29,38). The molecular formula is C28H38N4O7. The van der Waals surface area contributed by atoms with Crippen molar-refractivity contribution in [2.75, 3.05) is 33.1 Å². The molecule has 0 heterocycles. The van der Waals surface area contributed by atoms with Crippen molar-refractivity contribution in [1.82, 2.24) is 10.2 Å². The summed E-state index contributed by atoms with van der Waals surface area (Å²) >= 11 is 0. The zero-order valence-electron chi connectivity index (χ0n) is 23.4. The van der Waals surface area contributed by atoms with E-state index in [0.29, 0.717) is 11.1 Å². The van der Waals surface area contributed by atoms with Crippen LogP contribution in [0.3, 0.4) is 0 Å². The Hall–Kier alpha value is -3.41. The van der Waals surface area contributed by atoms with Gasteiger partial charge in [0.1, 0.15) is 22.8 Å². The molecule has 1 amide bonds. The van der Waals surface area contributed by atoms with Gasteiger partial charge in [-0.2, -0.15) is 0 Å². The molecule has 0 saturated carbocycles. The first kappa shape index (κ1) is 28.6. The quantitative estimate of drug-likeness (QED) is 0.295. The molecule has 4 rings (SSSR count). The molecule has 39 heavy (non-hydrogen) atoms. The summed E-state index contributed by atoms with van der Waals surface area (Å²) < 4.78 is 0. The Morgan fingerprint density at radius 1 is 1.15 bits per heavy atom. The summed E-state index contributed by atoms with van der Waals surface area (Å²) in [6.45, 7) is 6.19. The monoisotopic (exact) mass is 542 g/mol. The molecule has 11 heteroatoms. The van der Waals surface area contributed by atoms with Crippen LogP contribution < -0.4 is 16.0 Å². The van der Waals surface area contributed by atoms with E-state index in [1.165, 1.54) is 4.90 Å². The molecule has 0 aromatic heterocycles. The molecule has 0 radical (unpaired) electrons. The van der Waals surface area contributed by atoms with Crippen LogP contribution in [0.15, 0.2) is 28.7 Å². The number of nitrogens with zero attached hydrogens (tertiary/aromatic N) is 2. The van der Waals surface area contributed by atoms with Gasteiger partial charge in [-0.25, -0.2) is 0 Å². The number of phenolic OH excluding ortho intramolecular Hbond substituents is 1. The number of likely N-dealkylation sites (N-methyl/N-ethyl adjacent to an activating group) is 1. The van der Waals surface area contributed by atoms with E-state index < -0.39 is 58.0 Å². The molecular weight excluding hydrogens is 504 g/mol. The molecule has 4 unspecified atom stereocenters. The normalized spacial score (nSPS) is 26.9. The number of fused-ring (bicyclic) bond motifs is 3. The predicted octanol–water partition coefficient (Wildman–Crippen LogP) is 1.07. The van der Waals surface area contributed by atoms with Crippen molar-refractivity contribution in [2.24, 2.45) is 17.6 Å². The fourth-order valence-corrected chi connectivity index (χ4v) is 6.25. The van der Waals surface area contributed by atoms with Crippen LogP contribution in [-0.2, 0) is 22.6 Å². The first-order valence-electron chi connectivity index (χ1n) is 12.9. The average Bonchev–Trinajstić information content (AvgIpc) is 2.79. The fraction of sp³-hybridized carbons (Fsp3) is 0.536. The second-order valence-corrected chi connectivity index (χ2v) is 12.2. The van der Waals surface area contributed by atoms with Crippen LogP contribution >= 0.6 is 0 Å². The Kier molecular flexibility index (Phi) is 6.86. The predicted molar refractivity (Wildman–Crippen MR) is 145 cm³/mol. The average molecular weight is 543 g/mol. The number of Topliss-reactive ketones (excluding diaryl/α,β-unsaturated/α-hetero) is 2. The Morgan fingerprint density at radius 3 is 2.28 bits per heavy atom. The van der Waals surface area contributed by atoms with Gasteiger partial charge >= 0.3 is 0 Å². The van der Waals surface area contributed by atoms with E-state index in [4.69, 9.17) is 5.73 Å². The molecule has 1 aromatic carbocycles. The van der Waals surface area contributed by atoms with Gasteiger partial charge in [-0.3, -0.25) is 19.3 Å². The van der Waals surface area contributed by atoms with E-state index in [9.17, 15) is 34.8 Å². The molecule has 0 bridgehead atoms. The van der Waals surface area contributed by atoms with Crippen LogP contribution in [0.5, 0.6) is 5.75 Å². The second kappa shape index (κ2) is 9.35. The Morgan fingerprint density at radius 2 is 1.77 bits per heavy atom. The summed E-state index contributed by atoms with van der Waals surface area (Å²) in [6.07, 6.45) is 0.287. The summed E-state index contributed by atoms with van der Waals surface area (Å²) in [4.78, 5) is 43.0. The maximum Gasteiger partial charge on any atom is 0.255 e. The number of primary amides is 1. The SMILES string of the molecule is CN(C)c1cc(CNC(C)(C)C)c(O)c2c1CC1CC3C(N(C)C)C(O)=C(C(N)=O)C(=O)C3(O)C(O)=C1C2=O. The van der Waals surface area contributed by atoms with Crippen LogP contribution in [0.2, 0.25) is 0 Å². The number of nitrogens with one attached hydrogen (secondary N) is 1. The van der Waals surface area contributed by atoms with Crippen molar-refractivity contribution in [2.45, 2.75) is 57.3 Å². The van der Waals surface area contributed by atoms with Gasteiger partial charge in [0.2, 0.25) is 5.78 Å². The van der Waals surface area contributed by atoms with Crippen LogP contribution in [-0.4, -0.2) is 88.2 Å². The molecule has 4 atom stereocenters. The van der Waals surface area contributed by atoms with Crippen molar-refractivity contribution in [1.29, 1.82) is 0 Å². The number of aliphatic hydroxyl groups excluding tert-OH is 2. The van der Waals surface area contributed by atoms with Gasteiger partial charge in [-0.15, -0.1) is 0 Å². The number of aliphatic hydroxyl groups is 3. The highest BCUT2D eigenvalue weighted by Crippen LogP contribution is 2.53. The van der Waals surface area contributed by atoms with E-state index in [0.717, 1.165) is 5.69 Å². The maximum atomic E-state index is 14.0. The number of carbonyl (C=O) groups excluding carboxylic acids is 3. The topological polar surface area (TPSA) is 177 Å². The maximum absolute atomic E-state index is 14.0. The van der Waals surface area contributed by atoms with Gasteiger partial charge in [0, 0.05) is 48.9 Å². The largest absolute Gasteiger partial charge is 0.510 e. The van der Waals surface area contributed by atoms with E-state index in [-0.39, 0.29) is 41.8 Å². The first-order chi connectivity index (χ1) is 17.9. The minimum absolute atomic E-state index is 0.00712. The van der Waals surface area contributed by atoms with Crippen LogP contribution in [0.1, 0.15) is 48.7 Å². The third-order valence-electron chi connectivity index (χ3n) is 8.07. The minimum Gasteiger partial charge on any atom is -0.510 e. The highest BCUT2D eigenvalue weighted by molar-refractivity contribution is 6.24. The Labute approximate surface area is 227 Å². The number of amides is 1. The lowest BCUT2D eigenvalue weighted by Gasteiger charge is -2.50. The van der Waals surface area contributed by atoms with Crippen molar-refractivity contribution in [3.8, 4) is 5.75 Å². The van der Waals surface area contributed by atoms with Crippen molar-refractivity contribution >= 4 is 23.2 Å². The number of carbonyl (C=O) groups is 3. The number of hydrogen-bond acceptors (Lipinski definition) is 10. The summed E-state index contributed by atoms with van der Waals surface area (Å²) in [5, 5.41) is 48.7. The molecule has 11 nitrogen and oxygen atoms in total. The first-order valence-corrected chi connectivity index (χ1v) is 12.9. The molecule has 1 aromatic rings. The number of benzene rings is 1. The van der Waals surface area contributed by atoms with E-state index >= 15 is 0 Å². The van der Waals surface area contributed by atoms with Crippen LogP contribution in [0.4, 0.5) is 5.69 Å². The van der Waals surface area contributed by atoms with E-state index in [2.05, 4.69) is 5.32 Å². The number of rotatable bonds is 5. The zero-order valence-corrected chi connectivity index (χ0v) is 23.4. The summed E-state index contributed by atoms with van der Waals surface area (Å²) in [7, 11) is 6.86. The summed E-state index contributed by atoms with van der Waals surface area (Å²) in [5.74, 6) is -6.57. The van der Waals surface area contributed by atoms with Gasteiger partial charge in [0.05, 0.1) is 11.6 Å². The third kappa shape index (κ3) is 4.29.